The molecule has 0 amide bonds. The molecule has 78 heavy (non-hydrogen) atoms. The molecule has 0 fully saturated rings. The van der Waals surface area contributed by atoms with Crippen LogP contribution in [-0.4, -0.2) is 70.6 Å². The minimum atomic E-state index is -1.18. The summed E-state index contributed by atoms with van der Waals surface area (Å²) in [6, 6.07) is 34.7. The highest BCUT2D eigenvalue weighted by molar-refractivity contribution is 7.80. The summed E-state index contributed by atoms with van der Waals surface area (Å²) in [5.74, 6) is 1.76. The molecule has 0 N–H and O–H groups in total. The molecule has 0 unspecified atom stereocenters. The van der Waals surface area contributed by atoms with Gasteiger partial charge >= 0.3 is 0 Å². The first-order valence-electron chi connectivity index (χ1n) is 29.9. The lowest BCUT2D eigenvalue weighted by Gasteiger charge is -2.32. The van der Waals surface area contributed by atoms with E-state index in [2.05, 4.69) is 216 Å². The standard InChI is InChI=1S/C70H100N4O2P2/c1-19-29-49-41-57(42-50(30-20-2)67(49)71(9)10)77(58-43-51(31-21-3)68(72(11)12)52(44-58)32-22-4)63-39-27-37-61(75-17)65(63)66-62(76-18)38-28-40-64(66)78(59-45-53(33-23-5)69(73(13)14)54(46-59)34-24-6)60-47-55(35-25-7)70(74(15)16)56(48-60)36-26-8/h27-28,37-48H,19-26,29-36H2,1-18H3. The van der Waals surface area contributed by atoms with E-state index in [1.54, 1.807) is 0 Å². The molecule has 0 aliphatic rings. The first-order chi connectivity index (χ1) is 37.6. The van der Waals surface area contributed by atoms with Crippen LogP contribution in [0.25, 0.3) is 11.1 Å². The van der Waals surface area contributed by atoms with Gasteiger partial charge in [0.2, 0.25) is 0 Å². The summed E-state index contributed by atoms with van der Waals surface area (Å²) in [4.78, 5) is 9.50. The van der Waals surface area contributed by atoms with Crippen LogP contribution in [0, 0.1) is 0 Å². The van der Waals surface area contributed by atoms with Gasteiger partial charge in [-0.3, -0.25) is 0 Å². The van der Waals surface area contributed by atoms with E-state index in [4.69, 9.17) is 9.47 Å². The third-order valence-electron chi connectivity index (χ3n) is 15.2. The van der Waals surface area contributed by atoms with Crippen molar-refractivity contribution in [3.63, 3.8) is 0 Å². The maximum atomic E-state index is 6.78. The molecule has 6 rings (SSSR count). The SMILES string of the molecule is CCCc1cc(P(c2cc(CCC)c(N(C)C)c(CCC)c2)c2cccc(OC)c2-c2c(OC)cccc2P(c2cc(CCC)c(N(C)C)c(CCC)c2)c2cc(CCC)c(N(C)C)c(CCC)c2)cc(CCC)c1N(C)C. The minimum absolute atomic E-state index is 0.878. The van der Waals surface area contributed by atoms with Gasteiger partial charge in [-0.15, -0.1) is 0 Å². The highest BCUT2D eigenvalue weighted by Crippen LogP contribution is 2.49. The Balaban J connectivity index is 1.90. The fraction of sp³-hybridized carbons (Fsp3) is 0.486. The van der Waals surface area contributed by atoms with Gasteiger partial charge in [-0.25, -0.2) is 0 Å². The number of methoxy groups -OCH3 is 2. The number of rotatable bonds is 29. The summed E-state index contributed by atoms with van der Waals surface area (Å²) in [5, 5.41) is 8.21. The van der Waals surface area contributed by atoms with Crippen molar-refractivity contribution in [2.45, 2.75) is 158 Å². The van der Waals surface area contributed by atoms with Gasteiger partial charge in [-0.2, -0.15) is 0 Å². The molecule has 6 nitrogen and oxygen atoms in total. The van der Waals surface area contributed by atoms with Crippen LogP contribution in [0.2, 0.25) is 0 Å². The second-order valence-electron chi connectivity index (χ2n) is 22.4. The molecule has 6 aromatic rings. The zero-order valence-corrected chi connectivity index (χ0v) is 53.7. The lowest BCUT2D eigenvalue weighted by atomic mass is 9.99. The van der Waals surface area contributed by atoms with Crippen LogP contribution in [0.4, 0.5) is 22.7 Å². The van der Waals surface area contributed by atoms with Crippen molar-refractivity contribution >= 4 is 70.4 Å². The van der Waals surface area contributed by atoms with E-state index in [0.29, 0.717) is 0 Å². The lowest BCUT2D eigenvalue weighted by molar-refractivity contribution is 0.411. The summed E-state index contributed by atoms with van der Waals surface area (Å²) in [6.07, 6.45) is 16.8. The molecule has 0 aliphatic heterocycles. The fourth-order valence-corrected chi connectivity index (χ4v) is 17.9. The van der Waals surface area contributed by atoms with E-state index in [9.17, 15) is 0 Å². The van der Waals surface area contributed by atoms with E-state index < -0.39 is 15.8 Å². The van der Waals surface area contributed by atoms with E-state index in [1.165, 1.54) is 99.1 Å². The monoisotopic (exact) mass is 1090 g/mol. The van der Waals surface area contributed by atoms with Crippen molar-refractivity contribution < 1.29 is 9.47 Å². The number of hydrogen-bond donors (Lipinski definition) is 0. The lowest BCUT2D eigenvalue weighted by Crippen LogP contribution is -2.29. The molecule has 0 radical (unpaired) electrons. The summed E-state index contributed by atoms with van der Waals surface area (Å²) in [6.45, 7) is 18.7. The van der Waals surface area contributed by atoms with Crippen molar-refractivity contribution in [1.29, 1.82) is 0 Å². The predicted octanol–water partition coefficient (Wildman–Crippen LogP) is 14.8. The van der Waals surface area contributed by atoms with Gasteiger partial charge in [0, 0.05) is 90.3 Å². The first kappa shape index (κ1) is 62.2. The van der Waals surface area contributed by atoms with E-state index in [-0.39, 0.29) is 0 Å². The highest BCUT2D eigenvalue weighted by atomic mass is 31.1. The van der Waals surface area contributed by atoms with Gasteiger partial charge in [0.25, 0.3) is 0 Å². The number of aryl methyl sites for hydroxylation is 8. The van der Waals surface area contributed by atoms with Gasteiger partial charge in [0.05, 0.1) is 14.2 Å². The molecule has 0 atom stereocenters. The second-order valence-corrected chi connectivity index (χ2v) is 26.8. The molecule has 6 aromatic carbocycles. The van der Waals surface area contributed by atoms with Crippen molar-refractivity contribution in [2.24, 2.45) is 0 Å². The first-order valence-corrected chi connectivity index (χ1v) is 32.6. The average molecular weight is 1090 g/mol. The Labute approximate surface area is 477 Å². The van der Waals surface area contributed by atoms with Gasteiger partial charge in [0.1, 0.15) is 11.5 Å². The zero-order valence-electron chi connectivity index (χ0n) is 51.9. The zero-order chi connectivity index (χ0) is 56.8. The summed E-state index contributed by atoms with van der Waals surface area (Å²) in [5.41, 5.74) is 19.3. The van der Waals surface area contributed by atoms with Crippen LogP contribution in [0.15, 0.2) is 84.9 Å². The highest BCUT2D eigenvalue weighted by Gasteiger charge is 2.33. The van der Waals surface area contributed by atoms with E-state index in [1.807, 2.05) is 14.2 Å². The number of anilines is 4. The molecule has 422 valence electrons. The van der Waals surface area contributed by atoms with Crippen LogP contribution in [0.5, 0.6) is 11.5 Å². The fourth-order valence-electron chi connectivity index (χ4n) is 12.6. The number of benzene rings is 6. The quantitative estimate of drug-likeness (QED) is 0.0435. The summed E-state index contributed by atoms with van der Waals surface area (Å²) >= 11 is 0. The molecule has 0 bridgehead atoms. The number of ether oxygens (including phenoxy) is 2. The third-order valence-corrected chi connectivity index (χ3v) is 20.0. The number of nitrogens with zero attached hydrogens (tertiary/aromatic N) is 4. The maximum absolute atomic E-state index is 6.78. The van der Waals surface area contributed by atoms with Crippen LogP contribution >= 0.6 is 15.8 Å². The van der Waals surface area contributed by atoms with Crippen LogP contribution in [0.3, 0.4) is 0 Å². The molecule has 0 aliphatic carbocycles. The molecule has 0 saturated heterocycles. The Hall–Kier alpha value is -5.02. The van der Waals surface area contributed by atoms with Gasteiger partial charge in [-0.05, 0) is 204 Å². The molecule has 0 saturated carbocycles. The van der Waals surface area contributed by atoms with Gasteiger partial charge < -0.3 is 29.1 Å². The smallest absolute Gasteiger partial charge is 0.127 e. The minimum Gasteiger partial charge on any atom is -0.496 e. The topological polar surface area (TPSA) is 31.4 Å². The van der Waals surface area contributed by atoms with Crippen LogP contribution in [-0.2, 0) is 51.4 Å². The van der Waals surface area contributed by atoms with Crippen LogP contribution < -0.4 is 60.9 Å². The second kappa shape index (κ2) is 29.4. The summed E-state index contributed by atoms with van der Waals surface area (Å²) in [7, 11) is 19.3. The Morgan fingerprint density at radius 2 is 0.500 bits per heavy atom. The Bertz CT molecular complexity index is 2470. The molecule has 0 aromatic heterocycles. The van der Waals surface area contributed by atoms with Crippen molar-refractivity contribution in [3.05, 3.63) is 129 Å². The molecule has 8 heteroatoms. The molecular weight excluding hydrogens is 991 g/mol. The Morgan fingerprint density at radius 3 is 0.654 bits per heavy atom. The van der Waals surface area contributed by atoms with E-state index in [0.717, 1.165) is 125 Å². The molecular formula is C70H100N4O2P2. The normalized spacial score (nSPS) is 11.5. The maximum Gasteiger partial charge on any atom is 0.127 e. The van der Waals surface area contributed by atoms with Crippen molar-refractivity contribution in [3.8, 4) is 22.6 Å². The third kappa shape index (κ3) is 13.8. The predicted molar refractivity (Wildman–Crippen MR) is 352 cm³/mol. The largest absolute Gasteiger partial charge is 0.496 e. The summed E-state index contributed by atoms with van der Waals surface area (Å²) < 4.78 is 13.6. The Morgan fingerprint density at radius 1 is 0.308 bits per heavy atom. The average Bonchev–Trinajstić information content (AvgIpc) is 3.48. The van der Waals surface area contributed by atoms with Crippen molar-refractivity contribution in [2.75, 3.05) is 90.2 Å². The van der Waals surface area contributed by atoms with Gasteiger partial charge in [-0.1, -0.05) is 131 Å². The Kier molecular flexibility index (Phi) is 23.5. The van der Waals surface area contributed by atoms with E-state index >= 15 is 0 Å². The van der Waals surface area contributed by atoms with Crippen molar-refractivity contribution in [1.82, 2.24) is 0 Å². The molecule has 0 heterocycles. The van der Waals surface area contributed by atoms with Crippen LogP contribution in [0.1, 0.15) is 151 Å². The molecule has 0 spiro atoms. The van der Waals surface area contributed by atoms with Gasteiger partial charge in [0.15, 0.2) is 0 Å². The number of hydrogen-bond acceptors (Lipinski definition) is 6.